The molecule has 1 aliphatic rings. The molecule has 152 valence electrons. The van der Waals surface area contributed by atoms with Gasteiger partial charge in [-0.05, 0) is 38.3 Å². The van der Waals surface area contributed by atoms with Crippen molar-refractivity contribution in [3.8, 4) is 0 Å². The van der Waals surface area contributed by atoms with Gasteiger partial charge >= 0.3 is 0 Å². The number of imidazole rings is 1. The average Bonchev–Trinajstić information content (AvgIpc) is 3.24. The van der Waals surface area contributed by atoms with Gasteiger partial charge in [-0.15, -0.1) is 0 Å². The molecular formula is C21H31N5O2. The standard InChI is InChI=1S/C21H31N5O2/c1-4-5-12-24(3)21-16(2)23-18-10-9-17(15-26(18)21)20(28)22-11-7-14-25-13-6-8-19(25)27/h9-10,15H,4-8,11-14H2,1-3H3,(H,22,28). The summed E-state index contributed by atoms with van der Waals surface area (Å²) in [5.41, 5.74) is 2.43. The Morgan fingerprint density at radius 2 is 2.14 bits per heavy atom. The van der Waals surface area contributed by atoms with Crippen LogP contribution in [0.1, 0.15) is 55.1 Å². The molecule has 1 aliphatic heterocycles. The molecule has 7 heteroatoms. The highest BCUT2D eigenvalue weighted by Crippen LogP contribution is 2.22. The topological polar surface area (TPSA) is 70.0 Å². The van der Waals surface area contributed by atoms with Crippen molar-refractivity contribution in [1.82, 2.24) is 19.6 Å². The van der Waals surface area contributed by atoms with Gasteiger partial charge in [0.1, 0.15) is 11.5 Å². The molecule has 0 aliphatic carbocycles. The summed E-state index contributed by atoms with van der Waals surface area (Å²) in [5, 5.41) is 2.97. The Labute approximate surface area is 166 Å². The van der Waals surface area contributed by atoms with E-state index in [-0.39, 0.29) is 11.8 Å². The Morgan fingerprint density at radius 1 is 1.32 bits per heavy atom. The maximum absolute atomic E-state index is 12.6. The SMILES string of the molecule is CCCCN(C)c1c(C)nc2ccc(C(=O)NCCCN3CCCC3=O)cn12. The third kappa shape index (κ3) is 4.46. The molecule has 1 saturated heterocycles. The van der Waals surface area contributed by atoms with Gasteiger partial charge in [-0.2, -0.15) is 0 Å². The number of aryl methyl sites for hydroxylation is 1. The molecule has 0 unspecified atom stereocenters. The van der Waals surface area contributed by atoms with Crippen molar-refractivity contribution in [1.29, 1.82) is 0 Å². The molecule has 2 amide bonds. The third-order valence-electron chi connectivity index (χ3n) is 5.29. The number of rotatable bonds is 9. The summed E-state index contributed by atoms with van der Waals surface area (Å²) < 4.78 is 2.00. The van der Waals surface area contributed by atoms with E-state index in [1.807, 2.05) is 34.6 Å². The van der Waals surface area contributed by atoms with Crippen LogP contribution in [0.4, 0.5) is 5.82 Å². The number of nitrogens with zero attached hydrogens (tertiary/aromatic N) is 4. The van der Waals surface area contributed by atoms with E-state index >= 15 is 0 Å². The van der Waals surface area contributed by atoms with Gasteiger partial charge in [0.25, 0.3) is 5.91 Å². The van der Waals surface area contributed by atoms with E-state index in [9.17, 15) is 9.59 Å². The Balaban J connectivity index is 1.63. The molecule has 0 atom stereocenters. The third-order valence-corrected chi connectivity index (χ3v) is 5.29. The van der Waals surface area contributed by atoms with E-state index in [1.54, 1.807) is 0 Å². The number of unbranched alkanes of at least 4 members (excludes halogenated alkanes) is 1. The molecule has 2 aromatic heterocycles. The number of amides is 2. The maximum atomic E-state index is 12.6. The summed E-state index contributed by atoms with van der Waals surface area (Å²) in [6.07, 6.45) is 6.50. The summed E-state index contributed by atoms with van der Waals surface area (Å²) in [5.74, 6) is 1.17. The van der Waals surface area contributed by atoms with E-state index in [0.717, 1.165) is 55.9 Å². The van der Waals surface area contributed by atoms with Crippen molar-refractivity contribution in [2.24, 2.45) is 0 Å². The second-order valence-corrected chi connectivity index (χ2v) is 7.54. The Morgan fingerprint density at radius 3 is 2.86 bits per heavy atom. The number of carbonyl (C=O) groups is 2. The molecule has 1 N–H and O–H groups in total. The number of anilines is 1. The second-order valence-electron chi connectivity index (χ2n) is 7.54. The van der Waals surface area contributed by atoms with E-state index < -0.39 is 0 Å². The van der Waals surface area contributed by atoms with Crippen LogP contribution in [-0.2, 0) is 4.79 Å². The molecule has 28 heavy (non-hydrogen) atoms. The minimum Gasteiger partial charge on any atom is -0.359 e. The largest absolute Gasteiger partial charge is 0.359 e. The number of hydrogen-bond donors (Lipinski definition) is 1. The highest BCUT2D eigenvalue weighted by atomic mass is 16.2. The average molecular weight is 386 g/mol. The smallest absolute Gasteiger partial charge is 0.252 e. The lowest BCUT2D eigenvalue weighted by atomic mass is 10.2. The zero-order valence-electron chi connectivity index (χ0n) is 17.2. The Hall–Kier alpha value is -2.57. The van der Waals surface area contributed by atoms with Gasteiger partial charge in [0.05, 0.1) is 11.3 Å². The molecule has 3 rings (SSSR count). The van der Waals surface area contributed by atoms with Crippen LogP contribution in [0.15, 0.2) is 18.3 Å². The molecule has 7 nitrogen and oxygen atoms in total. The monoisotopic (exact) mass is 385 g/mol. The van der Waals surface area contributed by atoms with Crippen molar-refractivity contribution >= 4 is 23.3 Å². The minimum atomic E-state index is -0.0943. The Bertz CT molecular complexity index is 845. The molecule has 3 heterocycles. The number of nitrogens with one attached hydrogen (secondary N) is 1. The highest BCUT2D eigenvalue weighted by molar-refractivity contribution is 5.94. The molecule has 0 radical (unpaired) electrons. The molecule has 0 spiro atoms. The van der Waals surface area contributed by atoms with E-state index in [4.69, 9.17) is 0 Å². The normalized spacial score (nSPS) is 14.1. The van der Waals surface area contributed by atoms with Gasteiger partial charge in [-0.3, -0.25) is 14.0 Å². The first kappa shape index (κ1) is 20.2. The van der Waals surface area contributed by atoms with Crippen LogP contribution in [0, 0.1) is 6.92 Å². The number of carbonyl (C=O) groups excluding carboxylic acids is 2. The maximum Gasteiger partial charge on any atom is 0.252 e. The van der Waals surface area contributed by atoms with Gasteiger partial charge in [-0.25, -0.2) is 4.98 Å². The molecule has 2 aromatic rings. The zero-order chi connectivity index (χ0) is 20.1. The molecule has 0 aromatic carbocycles. The second kappa shape index (κ2) is 9.08. The fraction of sp³-hybridized carbons (Fsp3) is 0.571. The number of pyridine rings is 1. The predicted octanol–water partition coefficient (Wildman–Crippen LogP) is 2.62. The number of aromatic nitrogens is 2. The molecule has 1 fully saturated rings. The van der Waals surface area contributed by atoms with Crippen LogP contribution in [0.25, 0.3) is 5.65 Å². The molecule has 0 bridgehead atoms. The van der Waals surface area contributed by atoms with Crippen LogP contribution in [-0.4, -0.2) is 59.3 Å². The zero-order valence-corrected chi connectivity index (χ0v) is 17.2. The van der Waals surface area contributed by atoms with Crippen molar-refractivity contribution in [3.05, 3.63) is 29.6 Å². The van der Waals surface area contributed by atoms with Crippen molar-refractivity contribution < 1.29 is 9.59 Å². The quantitative estimate of drug-likeness (QED) is 0.674. The summed E-state index contributed by atoms with van der Waals surface area (Å²) in [4.78, 5) is 32.9. The van der Waals surface area contributed by atoms with Gasteiger partial charge in [0.15, 0.2) is 0 Å². The van der Waals surface area contributed by atoms with Gasteiger partial charge in [-0.1, -0.05) is 13.3 Å². The van der Waals surface area contributed by atoms with Crippen LogP contribution in [0.5, 0.6) is 0 Å². The lowest BCUT2D eigenvalue weighted by Crippen LogP contribution is -2.30. The predicted molar refractivity (Wildman–Crippen MR) is 111 cm³/mol. The summed E-state index contributed by atoms with van der Waals surface area (Å²) in [6, 6.07) is 3.71. The molecular weight excluding hydrogens is 354 g/mol. The van der Waals surface area contributed by atoms with Gasteiger partial charge in [0, 0.05) is 45.8 Å². The van der Waals surface area contributed by atoms with Gasteiger partial charge < -0.3 is 15.1 Å². The number of fused-ring (bicyclic) bond motifs is 1. The van der Waals surface area contributed by atoms with Crippen molar-refractivity contribution in [3.63, 3.8) is 0 Å². The van der Waals surface area contributed by atoms with Gasteiger partial charge in [0.2, 0.25) is 5.91 Å². The van der Waals surface area contributed by atoms with Crippen LogP contribution < -0.4 is 10.2 Å². The lowest BCUT2D eigenvalue weighted by Gasteiger charge is -2.19. The van der Waals surface area contributed by atoms with Crippen LogP contribution in [0.3, 0.4) is 0 Å². The van der Waals surface area contributed by atoms with E-state index in [2.05, 4.69) is 29.2 Å². The van der Waals surface area contributed by atoms with E-state index in [0.29, 0.717) is 25.1 Å². The summed E-state index contributed by atoms with van der Waals surface area (Å²) in [7, 11) is 2.07. The Kier molecular flexibility index (Phi) is 6.54. The van der Waals surface area contributed by atoms with E-state index in [1.165, 1.54) is 0 Å². The van der Waals surface area contributed by atoms with Crippen LogP contribution >= 0.6 is 0 Å². The highest BCUT2D eigenvalue weighted by Gasteiger charge is 2.19. The lowest BCUT2D eigenvalue weighted by molar-refractivity contribution is -0.127. The minimum absolute atomic E-state index is 0.0943. The first-order valence-corrected chi connectivity index (χ1v) is 10.3. The van der Waals surface area contributed by atoms with Crippen molar-refractivity contribution in [2.45, 2.75) is 46.0 Å². The summed E-state index contributed by atoms with van der Waals surface area (Å²) >= 11 is 0. The number of hydrogen-bond acceptors (Lipinski definition) is 4. The summed E-state index contributed by atoms with van der Waals surface area (Å²) in [6.45, 7) is 7.26. The number of likely N-dealkylation sites (tertiary alicyclic amines) is 1. The first-order valence-electron chi connectivity index (χ1n) is 10.3. The first-order chi connectivity index (χ1) is 13.5. The van der Waals surface area contributed by atoms with Crippen molar-refractivity contribution in [2.75, 3.05) is 38.1 Å². The van der Waals surface area contributed by atoms with Crippen LogP contribution in [0.2, 0.25) is 0 Å². The fourth-order valence-corrected chi connectivity index (χ4v) is 3.76. The molecule has 0 saturated carbocycles. The fourth-order valence-electron chi connectivity index (χ4n) is 3.76.